The first kappa shape index (κ1) is 20.6. The van der Waals surface area contributed by atoms with E-state index < -0.39 is 12.0 Å². The molecule has 0 bridgehead atoms. The van der Waals surface area contributed by atoms with Crippen LogP contribution in [0.4, 0.5) is 0 Å². The molecule has 0 spiro atoms. The van der Waals surface area contributed by atoms with E-state index in [9.17, 15) is 14.7 Å². The van der Waals surface area contributed by atoms with Crippen LogP contribution in [0, 0.1) is 0 Å². The number of benzene rings is 2. The van der Waals surface area contributed by atoms with Crippen LogP contribution in [0.2, 0.25) is 0 Å². The van der Waals surface area contributed by atoms with Crippen LogP contribution in [-0.4, -0.2) is 40.5 Å². The molecule has 144 valence electrons. The lowest BCUT2D eigenvalue weighted by molar-refractivity contribution is -0.139. The number of rotatable bonds is 9. The SMILES string of the molecule is CCN(Cc1ccc(C(=O)N[C@@H](Cc2ccccc2)C(=O)O)cc1)C(C)C. The molecule has 1 atom stereocenters. The lowest BCUT2D eigenvalue weighted by atomic mass is 10.0. The summed E-state index contributed by atoms with van der Waals surface area (Å²) in [6, 6.07) is 16.1. The molecule has 0 saturated carbocycles. The second-order valence-electron chi connectivity index (χ2n) is 6.91. The zero-order chi connectivity index (χ0) is 19.8. The van der Waals surface area contributed by atoms with Crippen molar-refractivity contribution in [1.82, 2.24) is 10.2 Å². The van der Waals surface area contributed by atoms with Gasteiger partial charge in [0.05, 0.1) is 0 Å². The van der Waals surface area contributed by atoms with E-state index in [1.54, 1.807) is 12.1 Å². The van der Waals surface area contributed by atoms with Crippen molar-refractivity contribution in [2.45, 2.75) is 45.8 Å². The molecule has 0 saturated heterocycles. The van der Waals surface area contributed by atoms with E-state index in [4.69, 9.17) is 0 Å². The lowest BCUT2D eigenvalue weighted by Gasteiger charge is -2.24. The third-order valence-electron chi connectivity index (χ3n) is 4.62. The molecule has 2 rings (SSSR count). The molecule has 27 heavy (non-hydrogen) atoms. The van der Waals surface area contributed by atoms with Crippen molar-refractivity contribution < 1.29 is 14.7 Å². The van der Waals surface area contributed by atoms with Gasteiger partial charge in [0.25, 0.3) is 5.91 Å². The predicted molar refractivity (Wildman–Crippen MR) is 107 cm³/mol. The van der Waals surface area contributed by atoms with Gasteiger partial charge in [-0.15, -0.1) is 0 Å². The maximum atomic E-state index is 12.5. The van der Waals surface area contributed by atoms with Gasteiger partial charge in [0, 0.05) is 24.6 Å². The van der Waals surface area contributed by atoms with Crippen LogP contribution in [0.3, 0.4) is 0 Å². The quantitative estimate of drug-likeness (QED) is 0.712. The van der Waals surface area contributed by atoms with E-state index in [0.717, 1.165) is 24.2 Å². The van der Waals surface area contributed by atoms with Crippen LogP contribution in [0.15, 0.2) is 54.6 Å². The van der Waals surface area contributed by atoms with Gasteiger partial charge in [0.15, 0.2) is 0 Å². The minimum absolute atomic E-state index is 0.250. The van der Waals surface area contributed by atoms with Gasteiger partial charge in [-0.25, -0.2) is 4.79 Å². The van der Waals surface area contributed by atoms with Crippen LogP contribution in [0.5, 0.6) is 0 Å². The Morgan fingerprint density at radius 1 is 1.00 bits per heavy atom. The predicted octanol–water partition coefficient (Wildman–Crippen LogP) is 3.34. The fourth-order valence-electron chi connectivity index (χ4n) is 2.95. The van der Waals surface area contributed by atoms with E-state index in [-0.39, 0.29) is 12.3 Å². The Morgan fingerprint density at radius 3 is 2.15 bits per heavy atom. The molecule has 0 aromatic heterocycles. The Kier molecular flexibility index (Phi) is 7.55. The number of carbonyl (C=O) groups is 2. The second-order valence-corrected chi connectivity index (χ2v) is 6.91. The Hall–Kier alpha value is -2.66. The number of amides is 1. The van der Waals surface area contributed by atoms with E-state index in [1.807, 2.05) is 42.5 Å². The normalized spacial score (nSPS) is 12.2. The maximum absolute atomic E-state index is 12.5. The van der Waals surface area contributed by atoms with Gasteiger partial charge < -0.3 is 10.4 Å². The van der Waals surface area contributed by atoms with Crippen LogP contribution >= 0.6 is 0 Å². The number of carbonyl (C=O) groups excluding carboxylic acids is 1. The summed E-state index contributed by atoms with van der Waals surface area (Å²) in [4.78, 5) is 26.3. The molecule has 0 aliphatic rings. The van der Waals surface area contributed by atoms with Crippen molar-refractivity contribution in [1.29, 1.82) is 0 Å². The summed E-state index contributed by atoms with van der Waals surface area (Å²) >= 11 is 0. The highest BCUT2D eigenvalue weighted by atomic mass is 16.4. The van der Waals surface area contributed by atoms with E-state index in [2.05, 4.69) is 31.0 Å². The maximum Gasteiger partial charge on any atom is 0.326 e. The average Bonchev–Trinajstić information content (AvgIpc) is 2.66. The highest BCUT2D eigenvalue weighted by Crippen LogP contribution is 2.11. The molecule has 5 nitrogen and oxygen atoms in total. The van der Waals surface area contributed by atoms with Crippen molar-refractivity contribution in [3.8, 4) is 0 Å². The fraction of sp³-hybridized carbons (Fsp3) is 0.364. The molecule has 0 unspecified atom stereocenters. The molecule has 2 N–H and O–H groups in total. The van der Waals surface area contributed by atoms with Crippen molar-refractivity contribution in [3.63, 3.8) is 0 Å². The molecule has 0 heterocycles. The number of carboxylic acid groups (broad SMARTS) is 1. The standard InChI is InChI=1S/C22H28N2O3/c1-4-24(16(2)3)15-18-10-12-19(13-11-18)21(25)23-20(22(26)27)14-17-8-6-5-7-9-17/h5-13,16,20H,4,14-15H2,1-3H3,(H,23,25)(H,26,27)/t20-/m0/s1. The number of hydrogen-bond donors (Lipinski definition) is 2. The molecule has 0 aliphatic carbocycles. The zero-order valence-electron chi connectivity index (χ0n) is 16.2. The first-order valence-electron chi connectivity index (χ1n) is 9.31. The molecule has 0 aliphatic heterocycles. The summed E-state index contributed by atoms with van der Waals surface area (Å²) in [5.74, 6) is -1.42. The average molecular weight is 368 g/mol. The molecule has 0 radical (unpaired) electrons. The van der Waals surface area contributed by atoms with Crippen LogP contribution in [-0.2, 0) is 17.8 Å². The molecule has 2 aromatic carbocycles. The highest BCUT2D eigenvalue weighted by molar-refractivity contribution is 5.96. The van der Waals surface area contributed by atoms with Crippen LogP contribution in [0.25, 0.3) is 0 Å². The van der Waals surface area contributed by atoms with Gasteiger partial charge in [-0.05, 0) is 43.7 Å². The first-order chi connectivity index (χ1) is 12.9. The third kappa shape index (κ3) is 6.22. The van der Waals surface area contributed by atoms with Crippen LogP contribution < -0.4 is 5.32 Å². The minimum Gasteiger partial charge on any atom is -0.480 e. The molecular weight excluding hydrogens is 340 g/mol. The first-order valence-corrected chi connectivity index (χ1v) is 9.31. The summed E-state index contributed by atoms with van der Waals surface area (Å²) in [5.41, 5.74) is 2.46. The van der Waals surface area contributed by atoms with E-state index in [0.29, 0.717) is 11.6 Å². The monoisotopic (exact) mass is 368 g/mol. The van der Waals surface area contributed by atoms with Crippen molar-refractivity contribution in [3.05, 3.63) is 71.3 Å². The van der Waals surface area contributed by atoms with E-state index in [1.165, 1.54) is 0 Å². The van der Waals surface area contributed by atoms with Gasteiger partial charge in [-0.1, -0.05) is 49.4 Å². The third-order valence-corrected chi connectivity index (χ3v) is 4.62. The van der Waals surface area contributed by atoms with Crippen molar-refractivity contribution in [2.24, 2.45) is 0 Å². The molecular formula is C22H28N2O3. The van der Waals surface area contributed by atoms with Gasteiger partial charge >= 0.3 is 5.97 Å². The fourth-order valence-corrected chi connectivity index (χ4v) is 2.95. The zero-order valence-corrected chi connectivity index (χ0v) is 16.2. The van der Waals surface area contributed by atoms with Gasteiger partial charge in [-0.2, -0.15) is 0 Å². The Bertz CT molecular complexity index is 742. The number of nitrogens with one attached hydrogen (secondary N) is 1. The Morgan fingerprint density at radius 2 is 1.63 bits per heavy atom. The second kappa shape index (κ2) is 9.88. The Balaban J connectivity index is 2.02. The van der Waals surface area contributed by atoms with Gasteiger partial charge in [0.2, 0.25) is 0 Å². The van der Waals surface area contributed by atoms with Gasteiger partial charge in [-0.3, -0.25) is 9.69 Å². The van der Waals surface area contributed by atoms with Crippen molar-refractivity contribution in [2.75, 3.05) is 6.54 Å². The summed E-state index contributed by atoms with van der Waals surface area (Å²) in [6.45, 7) is 8.22. The lowest BCUT2D eigenvalue weighted by Crippen LogP contribution is -2.42. The summed E-state index contributed by atoms with van der Waals surface area (Å²) in [7, 11) is 0. The number of nitrogens with zero attached hydrogens (tertiary/aromatic N) is 1. The molecule has 2 aromatic rings. The largest absolute Gasteiger partial charge is 0.480 e. The number of aliphatic carboxylic acids is 1. The smallest absolute Gasteiger partial charge is 0.326 e. The number of carboxylic acids is 1. The summed E-state index contributed by atoms with van der Waals surface area (Å²) < 4.78 is 0. The number of hydrogen-bond acceptors (Lipinski definition) is 3. The van der Waals surface area contributed by atoms with E-state index >= 15 is 0 Å². The topological polar surface area (TPSA) is 69.6 Å². The Labute approximate surface area is 161 Å². The molecule has 0 fully saturated rings. The minimum atomic E-state index is -1.04. The van der Waals surface area contributed by atoms with Gasteiger partial charge in [0.1, 0.15) is 6.04 Å². The molecule has 1 amide bonds. The van der Waals surface area contributed by atoms with Crippen molar-refractivity contribution >= 4 is 11.9 Å². The summed E-state index contributed by atoms with van der Waals surface area (Å²) in [5, 5.41) is 12.1. The molecule has 5 heteroatoms. The summed E-state index contributed by atoms with van der Waals surface area (Å²) in [6.07, 6.45) is 0.250. The highest BCUT2D eigenvalue weighted by Gasteiger charge is 2.21. The van der Waals surface area contributed by atoms with Crippen LogP contribution in [0.1, 0.15) is 42.3 Å².